The molecule has 8 nitrogen and oxygen atoms in total. The number of hydrogen-bond acceptors (Lipinski definition) is 7. The first-order chi connectivity index (χ1) is 12.4. The normalized spacial score (nSPS) is 10.5. The van der Waals surface area contributed by atoms with Crippen LogP contribution in [0.3, 0.4) is 0 Å². The maximum Gasteiger partial charge on any atom is 0.333 e. The minimum absolute atomic E-state index is 0.115. The standard InChI is InChI=1S/C18H18N4O4/c1-11(2)18(25)26-10-14-8-20-12(3)16(23)15(14)9-21-22-17(24)13-4-6-19-7-5-13/h4-9,23H,1,10H2,2-3H3,(H,22,24)/b21-9+. The highest BCUT2D eigenvalue weighted by molar-refractivity contribution is 5.95. The zero-order chi connectivity index (χ0) is 19.1. The van der Waals surface area contributed by atoms with Gasteiger partial charge in [0.15, 0.2) is 0 Å². The van der Waals surface area contributed by atoms with E-state index in [2.05, 4.69) is 27.1 Å². The summed E-state index contributed by atoms with van der Waals surface area (Å²) in [7, 11) is 0. The van der Waals surface area contributed by atoms with Crippen LogP contribution in [0.2, 0.25) is 0 Å². The van der Waals surface area contributed by atoms with Gasteiger partial charge in [0.1, 0.15) is 12.4 Å². The molecule has 0 aliphatic rings. The second-order valence-electron chi connectivity index (χ2n) is 5.42. The van der Waals surface area contributed by atoms with Crippen molar-refractivity contribution in [2.45, 2.75) is 20.5 Å². The van der Waals surface area contributed by atoms with Crippen molar-refractivity contribution in [2.75, 3.05) is 0 Å². The maximum absolute atomic E-state index is 12.0. The minimum atomic E-state index is -0.557. The molecule has 0 radical (unpaired) electrons. The lowest BCUT2D eigenvalue weighted by atomic mass is 10.1. The van der Waals surface area contributed by atoms with Crippen molar-refractivity contribution in [2.24, 2.45) is 5.10 Å². The molecule has 0 atom stereocenters. The van der Waals surface area contributed by atoms with Crippen molar-refractivity contribution in [1.29, 1.82) is 0 Å². The molecule has 134 valence electrons. The van der Waals surface area contributed by atoms with E-state index in [1.807, 2.05) is 0 Å². The van der Waals surface area contributed by atoms with Crippen LogP contribution in [-0.2, 0) is 16.1 Å². The van der Waals surface area contributed by atoms with Gasteiger partial charge in [-0.25, -0.2) is 10.2 Å². The number of amides is 1. The molecule has 0 fully saturated rings. The fraction of sp³-hybridized carbons (Fsp3) is 0.167. The Morgan fingerprint density at radius 3 is 2.73 bits per heavy atom. The third-order valence-corrected chi connectivity index (χ3v) is 3.37. The van der Waals surface area contributed by atoms with E-state index >= 15 is 0 Å². The highest BCUT2D eigenvalue weighted by atomic mass is 16.5. The summed E-state index contributed by atoms with van der Waals surface area (Å²) in [6.07, 6.45) is 5.72. The van der Waals surface area contributed by atoms with Gasteiger partial charge in [-0.2, -0.15) is 5.10 Å². The lowest BCUT2D eigenvalue weighted by molar-refractivity contribution is -0.140. The van der Waals surface area contributed by atoms with Crippen LogP contribution in [0.1, 0.15) is 34.1 Å². The van der Waals surface area contributed by atoms with Crippen molar-refractivity contribution in [3.8, 4) is 5.75 Å². The highest BCUT2D eigenvalue weighted by Crippen LogP contribution is 2.22. The molecule has 26 heavy (non-hydrogen) atoms. The fourth-order valence-corrected chi connectivity index (χ4v) is 1.90. The van der Waals surface area contributed by atoms with E-state index < -0.39 is 11.9 Å². The van der Waals surface area contributed by atoms with E-state index in [-0.39, 0.29) is 17.9 Å². The number of aromatic hydroxyl groups is 1. The van der Waals surface area contributed by atoms with Gasteiger partial charge in [0.25, 0.3) is 5.91 Å². The van der Waals surface area contributed by atoms with Gasteiger partial charge in [0, 0.05) is 40.9 Å². The lowest BCUT2D eigenvalue weighted by Gasteiger charge is -2.10. The molecule has 1 amide bonds. The molecule has 2 heterocycles. The summed E-state index contributed by atoms with van der Waals surface area (Å²) in [5.74, 6) is -1.10. The van der Waals surface area contributed by atoms with Gasteiger partial charge in [-0.1, -0.05) is 6.58 Å². The summed E-state index contributed by atoms with van der Waals surface area (Å²) in [5.41, 5.74) is 4.11. The second kappa shape index (κ2) is 8.52. The van der Waals surface area contributed by atoms with Gasteiger partial charge in [-0.3, -0.25) is 14.8 Å². The van der Waals surface area contributed by atoms with E-state index in [0.29, 0.717) is 22.4 Å². The number of pyridine rings is 2. The number of aryl methyl sites for hydroxylation is 1. The van der Waals surface area contributed by atoms with Crippen LogP contribution in [-0.4, -0.2) is 33.2 Å². The Morgan fingerprint density at radius 2 is 2.08 bits per heavy atom. The first-order valence-electron chi connectivity index (χ1n) is 7.63. The van der Waals surface area contributed by atoms with Crippen molar-refractivity contribution in [3.63, 3.8) is 0 Å². The van der Waals surface area contributed by atoms with Gasteiger partial charge in [0.2, 0.25) is 0 Å². The zero-order valence-corrected chi connectivity index (χ0v) is 14.4. The lowest BCUT2D eigenvalue weighted by Crippen LogP contribution is -2.17. The summed E-state index contributed by atoms with van der Waals surface area (Å²) < 4.78 is 5.08. The van der Waals surface area contributed by atoms with Crippen molar-refractivity contribution >= 4 is 18.1 Å². The molecule has 0 aliphatic carbocycles. The van der Waals surface area contributed by atoms with Gasteiger partial charge in [0.05, 0.1) is 11.9 Å². The number of aromatic nitrogens is 2. The summed E-state index contributed by atoms with van der Waals surface area (Å²) in [5, 5.41) is 14.1. The Bertz CT molecular complexity index is 863. The minimum Gasteiger partial charge on any atom is -0.505 e. The largest absolute Gasteiger partial charge is 0.505 e. The smallest absolute Gasteiger partial charge is 0.333 e. The number of hydrazone groups is 1. The Labute approximate surface area is 150 Å². The summed E-state index contributed by atoms with van der Waals surface area (Å²) in [6, 6.07) is 3.09. The summed E-state index contributed by atoms with van der Waals surface area (Å²) >= 11 is 0. The number of esters is 1. The van der Waals surface area contributed by atoms with E-state index in [1.54, 1.807) is 19.1 Å². The Balaban J connectivity index is 2.16. The topological polar surface area (TPSA) is 114 Å². The Kier molecular flexibility index (Phi) is 6.15. The van der Waals surface area contributed by atoms with E-state index in [4.69, 9.17) is 4.74 Å². The van der Waals surface area contributed by atoms with Gasteiger partial charge < -0.3 is 9.84 Å². The van der Waals surface area contributed by atoms with Crippen LogP contribution < -0.4 is 5.43 Å². The zero-order valence-electron chi connectivity index (χ0n) is 14.4. The van der Waals surface area contributed by atoms with Crippen LogP contribution in [0.15, 0.2) is 48.0 Å². The number of nitrogens with one attached hydrogen (secondary N) is 1. The Hall–Kier alpha value is -3.55. The second-order valence-corrected chi connectivity index (χ2v) is 5.42. The van der Waals surface area contributed by atoms with Gasteiger partial charge in [-0.15, -0.1) is 0 Å². The molecule has 8 heteroatoms. The molecular weight excluding hydrogens is 336 g/mol. The first kappa shape index (κ1) is 18.8. The summed E-state index contributed by atoms with van der Waals surface area (Å²) in [6.45, 7) is 6.53. The molecule has 2 N–H and O–H groups in total. The number of ether oxygens (including phenoxy) is 1. The van der Waals surface area contributed by atoms with E-state index in [9.17, 15) is 14.7 Å². The SMILES string of the molecule is C=C(C)C(=O)OCc1cnc(C)c(O)c1/C=N/NC(=O)c1ccncc1. The third kappa shape index (κ3) is 4.73. The molecule has 2 aromatic heterocycles. The fourth-order valence-electron chi connectivity index (χ4n) is 1.90. The number of rotatable bonds is 6. The maximum atomic E-state index is 12.0. The number of carbonyl (C=O) groups excluding carboxylic acids is 2. The quantitative estimate of drug-likeness (QED) is 0.354. The van der Waals surface area contributed by atoms with Crippen LogP contribution in [0.25, 0.3) is 0 Å². The molecular formula is C18H18N4O4. The number of nitrogens with zero attached hydrogens (tertiary/aromatic N) is 3. The van der Waals surface area contributed by atoms with Gasteiger partial charge >= 0.3 is 5.97 Å². The molecule has 0 saturated carbocycles. The van der Waals surface area contributed by atoms with Crippen molar-refractivity contribution < 1.29 is 19.4 Å². The molecule has 0 aliphatic heterocycles. The monoisotopic (exact) mass is 354 g/mol. The predicted molar refractivity (Wildman–Crippen MR) is 94.5 cm³/mol. The van der Waals surface area contributed by atoms with Crippen LogP contribution in [0.5, 0.6) is 5.75 Å². The number of hydrogen-bond donors (Lipinski definition) is 2. The Morgan fingerprint density at radius 1 is 1.38 bits per heavy atom. The average molecular weight is 354 g/mol. The van der Waals surface area contributed by atoms with Crippen molar-refractivity contribution in [1.82, 2.24) is 15.4 Å². The first-order valence-corrected chi connectivity index (χ1v) is 7.63. The molecule has 2 aromatic rings. The number of carbonyl (C=O) groups is 2. The van der Waals surface area contributed by atoms with Crippen LogP contribution in [0.4, 0.5) is 0 Å². The average Bonchev–Trinajstić information content (AvgIpc) is 2.64. The molecule has 2 rings (SSSR count). The van der Waals surface area contributed by atoms with Crippen LogP contribution >= 0.6 is 0 Å². The summed E-state index contributed by atoms with van der Waals surface area (Å²) in [4.78, 5) is 31.4. The third-order valence-electron chi connectivity index (χ3n) is 3.37. The molecule has 0 unspecified atom stereocenters. The molecule has 0 spiro atoms. The van der Waals surface area contributed by atoms with Crippen molar-refractivity contribution in [3.05, 3.63) is 65.3 Å². The van der Waals surface area contributed by atoms with Gasteiger partial charge in [-0.05, 0) is 26.0 Å². The highest BCUT2D eigenvalue weighted by Gasteiger charge is 2.13. The molecule has 0 aromatic carbocycles. The van der Waals surface area contributed by atoms with E-state index in [0.717, 1.165) is 0 Å². The molecule has 0 bridgehead atoms. The molecule has 0 saturated heterocycles. The predicted octanol–water partition coefficient (Wildman–Crippen LogP) is 1.87. The van der Waals surface area contributed by atoms with E-state index in [1.165, 1.54) is 31.7 Å². The van der Waals surface area contributed by atoms with Crippen LogP contribution in [0, 0.1) is 6.92 Å².